The summed E-state index contributed by atoms with van der Waals surface area (Å²) >= 11 is 0. The van der Waals surface area contributed by atoms with E-state index in [2.05, 4.69) is 36.5 Å². The van der Waals surface area contributed by atoms with Gasteiger partial charge in [0, 0.05) is 6.54 Å². The van der Waals surface area contributed by atoms with Gasteiger partial charge in [0.1, 0.15) is 0 Å². The van der Waals surface area contributed by atoms with Crippen molar-refractivity contribution in [1.29, 1.82) is 0 Å². The minimum atomic E-state index is -0.264. The molecule has 1 aromatic rings. The number of nitrogens with zero attached hydrogens (tertiary/aromatic N) is 1. The molecule has 1 aromatic carbocycles. The molecule has 2 rings (SSSR count). The molecule has 126 valence electrons. The van der Waals surface area contributed by atoms with Crippen molar-refractivity contribution >= 4 is 11.8 Å². The van der Waals surface area contributed by atoms with E-state index in [4.69, 9.17) is 5.73 Å². The van der Waals surface area contributed by atoms with Crippen LogP contribution in [0.5, 0.6) is 0 Å². The van der Waals surface area contributed by atoms with Gasteiger partial charge < -0.3 is 11.1 Å². The zero-order valence-corrected chi connectivity index (χ0v) is 14.0. The number of benzene rings is 1. The molecule has 1 aliphatic heterocycles. The van der Waals surface area contributed by atoms with Crippen molar-refractivity contribution in [2.75, 3.05) is 19.6 Å². The van der Waals surface area contributed by atoms with Crippen LogP contribution in [0.1, 0.15) is 43.9 Å². The molecule has 0 radical (unpaired) electrons. The Morgan fingerprint density at radius 1 is 1.35 bits per heavy atom. The van der Waals surface area contributed by atoms with Crippen molar-refractivity contribution in [2.45, 2.75) is 39.2 Å². The second kappa shape index (κ2) is 8.11. The van der Waals surface area contributed by atoms with Crippen LogP contribution < -0.4 is 11.1 Å². The molecular formula is C18H27N3O2. The Morgan fingerprint density at radius 3 is 2.65 bits per heavy atom. The molecular weight excluding hydrogens is 290 g/mol. The number of piperidine rings is 1. The third kappa shape index (κ3) is 5.06. The highest BCUT2D eigenvalue weighted by atomic mass is 16.2. The maximum atomic E-state index is 12.2. The average molecular weight is 317 g/mol. The summed E-state index contributed by atoms with van der Waals surface area (Å²) in [6, 6.07) is 8.30. The zero-order chi connectivity index (χ0) is 16.8. The van der Waals surface area contributed by atoms with Gasteiger partial charge in [-0.15, -0.1) is 0 Å². The summed E-state index contributed by atoms with van der Waals surface area (Å²) in [5, 5.41) is 3.03. The monoisotopic (exact) mass is 317 g/mol. The third-order valence-electron chi connectivity index (χ3n) is 4.54. The highest BCUT2D eigenvalue weighted by molar-refractivity contribution is 5.79. The van der Waals surface area contributed by atoms with Crippen LogP contribution in [-0.2, 0) is 16.0 Å². The summed E-state index contributed by atoms with van der Waals surface area (Å²) in [5.41, 5.74) is 7.77. The SMILES string of the molecule is CCc1ccc([C@H](C)NC(=O)CN2CCC[C@H](C(N)=O)C2)cc1. The number of carbonyl (C=O) groups excluding carboxylic acids is 2. The van der Waals surface area contributed by atoms with Gasteiger partial charge in [0.2, 0.25) is 11.8 Å². The van der Waals surface area contributed by atoms with Gasteiger partial charge in [0.25, 0.3) is 0 Å². The van der Waals surface area contributed by atoms with Crippen molar-refractivity contribution in [3.05, 3.63) is 35.4 Å². The van der Waals surface area contributed by atoms with Crippen molar-refractivity contribution in [3.8, 4) is 0 Å². The minimum absolute atomic E-state index is 0.0119. The van der Waals surface area contributed by atoms with E-state index in [-0.39, 0.29) is 23.8 Å². The summed E-state index contributed by atoms with van der Waals surface area (Å²) in [7, 11) is 0. The topological polar surface area (TPSA) is 75.4 Å². The van der Waals surface area contributed by atoms with Crippen molar-refractivity contribution in [2.24, 2.45) is 11.7 Å². The summed E-state index contributed by atoms with van der Waals surface area (Å²) in [5.74, 6) is -0.405. The number of aryl methyl sites for hydroxylation is 1. The predicted molar refractivity (Wildman–Crippen MR) is 90.7 cm³/mol. The van der Waals surface area contributed by atoms with Crippen LogP contribution in [0.4, 0.5) is 0 Å². The maximum Gasteiger partial charge on any atom is 0.234 e. The highest BCUT2D eigenvalue weighted by Crippen LogP contribution is 2.16. The second-order valence-electron chi connectivity index (χ2n) is 6.36. The van der Waals surface area contributed by atoms with Crippen LogP contribution in [0, 0.1) is 5.92 Å². The van der Waals surface area contributed by atoms with Gasteiger partial charge in [-0.25, -0.2) is 0 Å². The van der Waals surface area contributed by atoms with E-state index < -0.39 is 0 Å². The Labute approximate surface area is 138 Å². The fourth-order valence-electron chi connectivity index (χ4n) is 3.05. The Kier molecular flexibility index (Phi) is 6.16. The van der Waals surface area contributed by atoms with Crippen LogP contribution in [-0.4, -0.2) is 36.3 Å². The standard InChI is InChI=1S/C18H27N3O2/c1-3-14-6-8-15(9-7-14)13(2)20-17(22)12-21-10-4-5-16(11-21)18(19)23/h6-9,13,16H,3-5,10-12H2,1-2H3,(H2,19,23)(H,20,22)/t13-,16-/m0/s1. The minimum Gasteiger partial charge on any atom is -0.369 e. The lowest BCUT2D eigenvalue weighted by Crippen LogP contribution is -2.45. The van der Waals surface area contributed by atoms with Crippen molar-refractivity contribution in [3.63, 3.8) is 0 Å². The molecule has 0 bridgehead atoms. The Bertz CT molecular complexity index is 542. The molecule has 0 saturated carbocycles. The number of hydrogen-bond acceptors (Lipinski definition) is 3. The molecule has 3 N–H and O–H groups in total. The molecule has 0 aromatic heterocycles. The number of amides is 2. The van der Waals surface area contributed by atoms with E-state index in [9.17, 15) is 9.59 Å². The van der Waals surface area contributed by atoms with E-state index in [0.29, 0.717) is 13.1 Å². The molecule has 1 fully saturated rings. The maximum absolute atomic E-state index is 12.2. The lowest BCUT2D eigenvalue weighted by molar-refractivity contribution is -0.127. The highest BCUT2D eigenvalue weighted by Gasteiger charge is 2.25. The van der Waals surface area contributed by atoms with Gasteiger partial charge in [0.15, 0.2) is 0 Å². The molecule has 0 aliphatic carbocycles. The fraction of sp³-hybridized carbons (Fsp3) is 0.556. The van der Waals surface area contributed by atoms with Crippen LogP contribution in [0.3, 0.4) is 0 Å². The van der Waals surface area contributed by atoms with Gasteiger partial charge in [-0.3, -0.25) is 14.5 Å². The largest absolute Gasteiger partial charge is 0.369 e. The van der Waals surface area contributed by atoms with E-state index in [1.54, 1.807) is 0 Å². The number of primary amides is 1. The molecule has 1 saturated heterocycles. The molecule has 1 heterocycles. The van der Waals surface area contributed by atoms with Crippen LogP contribution in [0.15, 0.2) is 24.3 Å². The number of carbonyl (C=O) groups is 2. The molecule has 0 unspecified atom stereocenters. The first kappa shape index (κ1) is 17.5. The van der Waals surface area contributed by atoms with Crippen molar-refractivity contribution in [1.82, 2.24) is 10.2 Å². The van der Waals surface area contributed by atoms with Crippen LogP contribution in [0.25, 0.3) is 0 Å². The van der Waals surface area contributed by atoms with E-state index in [0.717, 1.165) is 31.4 Å². The molecule has 5 nitrogen and oxygen atoms in total. The van der Waals surface area contributed by atoms with E-state index in [1.165, 1.54) is 5.56 Å². The Hall–Kier alpha value is -1.88. The van der Waals surface area contributed by atoms with E-state index >= 15 is 0 Å². The number of rotatable bonds is 6. The third-order valence-corrected chi connectivity index (χ3v) is 4.54. The lowest BCUT2D eigenvalue weighted by Gasteiger charge is -2.30. The first-order valence-electron chi connectivity index (χ1n) is 8.39. The van der Waals surface area contributed by atoms with Gasteiger partial charge in [-0.2, -0.15) is 0 Å². The number of nitrogens with one attached hydrogen (secondary N) is 1. The quantitative estimate of drug-likeness (QED) is 0.837. The summed E-state index contributed by atoms with van der Waals surface area (Å²) in [6.07, 6.45) is 2.75. The number of nitrogens with two attached hydrogens (primary N) is 1. The normalized spacial score (nSPS) is 20.0. The first-order valence-corrected chi connectivity index (χ1v) is 8.39. The molecule has 2 atom stereocenters. The molecule has 2 amide bonds. The predicted octanol–water partition coefficient (Wildman–Crippen LogP) is 1.62. The molecule has 5 heteroatoms. The average Bonchev–Trinajstić information content (AvgIpc) is 2.55. The van der Waals surface area contributed by atoms with Gasteiger partial charge >= 0.3 is 0 Å². The number of hydrogen-bond donors (Lipinski definition) is 2. The Balaban J connectivity index is 1.84. The number of likely N-dealkylation sites (tertiary alicyclic amines) is 1. The Morgan fingerprint density at radius 2 is 2.04 bits per heavy atom. The van der Waals surface area contributed by atoms with Gasteiger partial charge in [-0.1, -0.05) is 31.2 Å². The van der Waals surface area contributed by atoms with Gasteiger partial charge in [0.05, 0.1) is 18.5 Å². The summed E-state index contributed by atoms with van der Waals surface area (Å²) in [4.78, 5) is 25.5. The van der Waals surface area contributed by atoms with Crippen LogP contribution in [0.2, 0.25) is 0 Å². The van der Waals surface area contributed by atoms with Gasteiger partial charge in [-0.05, 0) is 43.9 Å². The zero-order valence-electron chi connectivity index (χ0n) is 14.0. The van der Waals surface area contributed by atoms with Crippen molar-refractivity contribution < 1.29 is 9.59 Å². The fourth-order valence-corrected chi connectivity index (χ4v) is 3.05. The smallest absolute Gasteiger partial charge is 0.234 e. The molecule has 0 spiro atoms. The summed E-state index contributed by atoms with van der Waals surface area (Å²) < 4.78 is 0. The first-order chi connectivity index (χ1) is 11.0. The van der Waals surface area contributed by atoms with E-state index in [1.807, 2.05) is 11.8 Å². The second-order valence-corrected chi connectivity index (χ2v) is 6.36. The summed E-state index contributed by atoms with van der Waals surface area (Å²) in [6.45, 7) is 5.86. The molecule has 23 heavy (non-hydrogen) atoms. The van der Waals surface area contributed by atoms with Crippen LogP contribution >= 0.6 is 0 Å². The lowest BCUT2D eigenvalue weighted by atomic mass is 9.97. The molecule has 1 aliphatic rings.